The molecule has 1 aromatic rings. The second-order valence-corrected chi connectivity index (χ2v) is 6.89. The van der Waals surface area contributed by atoms with Gasteiger partial charge in [-0.25, -0.2) is 0 Å². The number of ether oxygens (including phenoxy) is 1. The van der Waals surface area contributed by atoms with Crippen molar-refractivity contribution in [2.24, 2.45) is 0 Å². The van der Waals surface area contributed by atoms with Crippen LogP contribution in [0.25, 0.3) is 0 Å². The Kier molecular flexibility index (Phi) is 3.50. The van der Waals surface area contributed by atoms with Gasteiger partial charge >= 0.3 is 0 Å². The van der Waals surface area contributed by atoms with E-state index in [1.54, 1.807) is 5.57 Å². The van der Waals surface area contributed by atoms with E-state index in [0.717, 1.165) is 24.8 Å². The lowest BCUT2D eigenvalue weighted by molar-refractivity contribution is 0.128. The van der Waals surface area contributed by atoms with Crippen molar-refractivity contribution in [1.29, 1.82) is 0 Å². The van der Waals surface area contributed by atoms with Crippen molar-refractivity contribution in [1.82, 2.24) is 4.90 Å². The fraction of sp³-hybridized carbons (Fsp3) is 0.579. The molecule has 2 nitrogen and oxygen atoms in total. The number of fused-ring (bicyclic) bond motifs is 3. The van der Waals surface area contributed by atoms with Crippen LogP contribution in [0.3, 0.4) is 0 Å². The Morgan fingerprint density at radius 1 is 1.24 bits per heavy atom. The monoisotopic (exact) mass is 283 g/mol. The van der Waals surface area contributed by atoms with Gasteiger partial charge in [0.15, 0.2) is 0 Å². The van der Waals surface area contributed by atoms with Gasteiger partial charge in [-0.1, -0.05) is 30.2 Å². The van der Waals surface area contributed by atoms with E-state index in [0.29, 0.717) is 6.04 Å². The van der Waals surface area contributed by atoms with Crippen LogP contribution >= 0.6 is 0 Å². The highest BCUT2D eigenvalue weighted by atomic mass is 16.5. The average molecular weight is 283 g/mol. The standard InChI is InChI=1S/C19H25NO/c1-20-17-3-2-4-18(20)13-15(12-17)6-5-14-7-8-19-16(11-14)9-10-21-19/h7-8,11-12,17-18H,2-6,9-10,13H2,1H3. The molecule has 0 amide bonds. The minimum Gasteiger partial charge on any atom is -0.493 e. The largest absolute Gasteiger partial charge is 0.493 e. The zero-order valence-corrected chi connectivity index (χ0v) is 13.0. The van der Waals surface area contributed by atoms with Gasteiger partial charge in [-0.15, -0.1) is 0 Å². The first-order valence-corrected chi connectivity index (χ1v) is 8.46. The number of aryl methyl sites for hydroxylation is 1. The Morgan fingerprint density at radius 2 is 2.19 bits per heavy atom. The summed E-state index contributed by atoms with van der Waals surface area (Å²) in [6, 6.07) is 8.28. The van der Waals surface area contributed by atoms with E-state index in [9.17, 15) is 0 Å². The molecule has 112 valence electrons. The molecular weight excluding hydrogens is 258 g/mol. The van der Waals surface area contributed by atoms with Crippen LogP contribution in [0.1, 0.15) is 43.2 Å². The summed E-state index contributed by atoms with van der Waals surface area (Å²) in [6.07, 6.45) is 11.5. The Morgan fingerprint density at radius 3 is 3.10 bits per heavy atom. The second-order valence-electron chi connectivity index (χ2n) is 6.89. The molecule has 1 fully saturated rings. The van der Waals surface area contributed by atoms with E-state index >= 15 is 0 Å². The van der Waals surface area contributed by atoms with Crippen molar-refractivity contribution < 1.29 is 4.74 Å². The molecular formula is C19H25NO. The summed E-state index contributed by atoms with van der Waals surface area (Å²) < 4.78 is 5.59. The lowest BCUT2D eigenvalue weighted by Crippen LogP contribution is -2.45. The maximum atomic E-state index is 5.59. The quantitative estimate of drug-likeness (QED) is 0.784. The van der Waals surface area contributed by atoms with E-state index in [2.05, 4.69) is 36.2 Å². The summed E-state index contributed by atoms with van der Waals surface area (Å²) in [6.45, 7) is 0.861. The minimum atomic E-state index is 0.709. The summed E-state index contributed by atoms with van der Waals surface area (Å²) in [5.74, 6) is 1.10. The zero-order valence-electron chi connectivity index (χ0n) is 13.0. The van der Waals surface area contributed by atoms with Crippen LogP contribution in [0.15, 0.2) is 29.8 Å². The molecule has 3 heterocycles. The fourth-order valence-electron chi connectivity index (χ4n) is 4.22. The molecule has 2 bridgehead atoms. The molecule has 0 spiro atoms. The van der Waals surface area contributed by atoms with Gasteiger partial charge in [0.25, 0.3) is 0 Å². The fourth-order valence-corrected chi connectivity index (χ4v) is 4.22. The minimum absolute atomic E-state index is 0.709. The van der Waals surface area contributed by atoms with Crippen LogP contribution in [0.4, 0.5) is 0 Å². The molecule has 3 aliphatic heterocycles. The van der Waals surface area contributed by atoms with Crippen LogP contribution in [0.5, 0.6) is 5.75 Å². The highest BCUT2D eigenvalue weighted by Gasteiger charge is 2.30. The SMILES string of the molecule is CN1C2C=C(CCc3ccc4c(c3)CCO4)CC1CCC2. The lowest BCUT2D eigenvalue weighted by Gasteiger charge is -2.42. The molecule has 4 rings (SSSR count). The third kappa shape index (κ3) is 2.62. The van der Waals surface area contributed by atoms with Crippen molar-refractivity contribution >= 4 is 0 Å². The van der Waals surface area contributed by atoms with E-state index in [4.69, 9.17) is 4.74 Å². The van der Waals surface area contributed by atoms with Gasteiger partial charge in [-0.3, -0.25) is 4.90 Å². The summed E-state index contributed by atoms with van der Waals surface area (Å²) in [7, 11) is 2.31. The maximum Gasteiger partial charge on any atom is 0.122 e. The molecule has 2 atom stereocenters. The molecule has 0 N–H and O–H groups in total. The van der Waals surface area contributed by atoms with Crippen LogP contribution in [0, 0.1) is 0 Å². The molecule has 0 aliphatic carbocycles. The zero-order chi connectivity index (χ0) is 14.2. The molecule has 0 saturated carbocycles. The van der Waals surface area contributed by atoms with Gasteiger partial charge in [0.1, 0.15) is 5.75 Å². The summed E-state index contributed by atoms with van der Waals surface area (Å²) in [5.41, 5.74) is 4.57. The highest BCUT2D eigenvalue weighted by Crippen LogP contribution is 2.34. The van der Waals surface area contributed by atoms with Crippen molar-refractivity contribution in [2.45, 2.75) is 57.0 Å². The van der Waals surface area contributed by atoms with Crippen LogP contribution in [0.2, 0.25) is 0 Å². The Bertz CT molecular complexity index is 563. The van der Waals surface area contributed by atoms with Crippen molar-refractivity contribution in [2.75, 3.05) is 13.7 Å². The third-order valence-corrected chi connectivity index (χ3v) is 5.55. The van der Waals surface area contributed by atoms with Crippen LogP contribution in [-0.4, -0.2) is 30.6 Å². The van der Waals surface area contributed by atoms with E-state index < -0.39 is 0 Å². The molecule has 2 heteroatoms. The number of hydrogen-bond donors (Lipinski definition) is 0. The Balaban J connectivity index is 1.43. The van der Waals surface area contributed by atoms with E-state index in [-0.39, 0.29) is 0 Å². The van der Waals surface area contributed by atoms with Gasteiger partial charge in [0, 0.05) is 18.5 Å². The van der Waals surface area contributed by atoms with Crippen LogP contribution in [-0.2, 0) is 12.8 Å². The van der Waals surface area contributed by atoms with E-state index in [1.165, 1.54) is 49.7 Å². The first kappa shape index (κ1) is 13.4. The number of likely N-dealkylation sites (N-methyl/N-ethyl adjacent to an activating group) is 1. The first-order valence-electron chi connectivity index (χ1n) is 8.46. The molecule has 3 aliphatic rings. The Labute approximate surface area is 127 Å². The van der Waals surface area contributed by atoms with E-state index in [1.807, 2.05) is 0 Å². The van der Waals surface area contributed by atoms with Gasteiger partial charge in [0.2, 0.25) is 0 Å². The molecule has 1 saturated heterocycles. The number of rotatable bonds is 3. The Hall–Kier alpha value is -1.28. The number of piperidine rings is 1. The van der Waals surface area contributed by atoms with Crippen molar-refractivity contribution in [3.8, 4) is 5.75 Å². The smallest absolute Gasteiger partial charge is 0.122 e. The van der Waals surface area contributed by atoms with Gasteiger partial charge in [-0.05, 0) is 56.3 Å². The average Bonchev–Trinajstić information content (AvgIpc) is 2.93. The predicted molar refractivity (Wildman–Crippen MR) is 85.9 cm³/mol. The number of nitrogens with zero attached hydrogens (tertiary/aromatic N) is 1. The molecule has 0 radical (unpaired) electrons. The predicted octanol–water partition coefficient (Wildman–Crippen LogP) is 3.74. The third-order valence-electron chi connectivity index (χ3n) is 5.55. The van der Waals surface area contributed by atoms with Gasteiger partial charge in [-0.2, -0.15) is 0 Å². The summed E-state index contributed by atoms with van der Waals surface area (Å²) in [4.78, 5) is 2.60. The molecule has 0 aromatic heterocycles. The topological polar surface area (TPSA) is 12.5 Å². The molecule has 1 aromatic carbocycles. The second kappa shape index (κ2) is 5.49. The molecule has 2 unspecified atom stereocenters. The van der Waals surface area contributed by atoms with Gasteiger partial charge in [0.05, 0.1) is 6.61 Å². The van der Waals surface area contributed by atoms with Gasteiger partial charge < -0.3 is 4.74 Å². The number of benzene rings is 1. The summed E-state index contributed by atoms with van der Waals surface area (Å²) in [5, 5.41) is 0. The molecule has 21 heavy (non-hydrogen) atoms. The van der Waals surface area contributed by atoms with Crippen LogP contribution < -0.4 is 4.74 Å². The maximum absolute atomic E-state index is 5.59. The van der Waals surface area contributed by atoms with Crippen molar-refractivity contribution in [3.63, 3.8) is 0 Å². The number of hydrogen-bond acceptors (Lipinski definition) is 2. The summed E-state index contributed by atoms with van der Waals surface area (Å²) >= 11 is 0. The van der Waals surface area contributed by atoms with Crippen molar-refractivity contribution in [3.05, 3.63) is 41.0 Å². The highest BCUT2D eigenvalue weighted by molar-refractivity contribution is 5.40. The lowest BCUT2D eigenvalue weighted by atomic mass is 9.84. The normalized spacial score (nSPS) is 28.0. The first-order chi connectivity index (χ1) is 10.3.